The van der Waals surface area contributed by atoms with Crippen molar-refractivity contribution in [1.29, 1.82) is 0 Å². The SMILES string of the molecule is COC(=O)C1Cc2nc[nH]c2CN1C(=O)c1cccc(F)c1. The number of H-pyrrole nitrogens is 1. The second-order valence-corrected chi connectivity index (χ2v) is 5.01. The Morgan fingerprint density at radius 2 is 2.27 bits per heavy atom. The highest BCUT2D eigenvalue weighted by molar-refractivity contribution is 5.97. The molecule has 1 aromatic heterocycles. The zero-order chi connectivity index (χ0) is 15.7. The average molecular weight is 303 g/mol. The summed E-state index contributed by atoms with van der Waals surface area (Å²) in [4.78, 5) is 33.1. The summed E-state index contributed by atoms with van der Waals surface area (Å²) in [6.07, 6.45) is 1.79. The topological polar surface area (TPSA) is 75.3 Å². The zero-order valence-electron chi connectivity index (χ0n) is 11.9. The molecule has 0 fully saturated rings. The van der Waals surface area contributed by atoms with Crippen LogP contribution in [0.3, 0.4) is 0 Å². The third-order valence-corrected chi connectivity index (χ3v) is 3.70. The number of hydrogen-bond donors (Lipinski definition) is 1. The van der Waals surface area contributed by atoms with Crippen LogP contribution in [0.2, 0.25) is 0 Å². The van der Waals surface area contributed by atoms with Gasteiger partial charge in [-0.1, -0.05) is 6.07 Å². The van der Waals surface area contributed by atoms with Crippen molar-refractivity contribution in [3.8, 4) is 0 Å². The van der Waals surface area contributed by atoms with E-state index in [1.54, 1.807) is 0 Å². The fourth-order valence-electron chi connectivity index (χ4n) is 2.58. The maximum Gasteiger partial charge on any atom is 0.329 e. The molecule has 2 aromatic rings. The first-order valence-corrected chi connectivity index (χ1v) is 6.75. The zero-order valence-corrected chi connectivity index (χ0v) is 11.9. The van der Waals surface area contributed by atoms with Crippen molar-refractivity contribution in [1.82, 2.24) is 14.9 Å². The van der Waals surface area contributed by atoms with E-state index >= 15 is 0 Å². The normalized spacial score (nSPS) is 17.0. The number of imidazole rings is 1. The predicted molar refractivity (Wildman–Crippen MR) is 74.4 cm³/mol. The minimum absolute atomic E-state index is 0.192. The summed E-state index contributed by atoms with van der Waals surface area (Å²) in [7, 11) is 1.27. The average Bonchev–Trinajstić information content (AvgIpc) is 2.99. The van der Waals surface area contributed by atoms with Crippen LogP contribution < -0.4 is 0 Å². The van der Waals surface area contributed by atoms with Crippen molar-refractivity contribution < 1.29 is 18.7 Å². The third kappa shape index (κ3) is 2.45. The van der Waals surface area contributed by atoms with E-state index < -0.39 is 23.7 Å². The Hall–Kier alpha value is -2.70. The second-order valence-electron chi connectivity index (χ2n) is 5.01. The molecule has 0 bridgehead atoms. The van der Waals surface area contributed by atoms with Crippen LogP contribution in [0.5, 0.6) is 0 Å². The van der Waals surface area contributed by atoms with E-state index in [1.165, 1.54) is 36.5 Å². The first kappa shape index (κ1) is 14.2. The second kappa shape index (κ2) is 5.59. The van der Waals surface area contributed by atoms with Crippen molar-refractivity contribution in [2.24, 2.45) is 0 Å². The lowest BCUT2D eigenvalue weighted by atomic mass is 10.0. The third-order valence-electron chi connectivity index (χ3n) is 3.70. The quantitative estimate of drug-likeness (QED) is 0.848. The smallest absolute Gasteiger partial charge is 0.329 e. The van der Waals surface area contributed by atoms with Crippen molar-refractivity contribution in [3.05, 3.63) is 53.4 Å². The predicted octanol–water partition coefficient (Wildman–Crippen LogP) is 1.29. The first-order chi connectivity index (χ1) is 10.6. The molecule has 114 valence electrons. The maximum atomic E-state index is 13.3. The summed E-state index contributed by atoms with van der Waals surface area (Å²) in [5.74, 6) is -1.44. The van der Waals surface area contributed by atoms with Gasteiger partial charge in [0.15, 0.2) is 0 Å². The molecule has 2 heterocycles. The minimum atomic E-state index is -0.767. The van der Waals surface area contributed by atoms with Gasteiger partial charge in [0, 0.05) is 12.0 Å². The number of halogens is 1. The van der Waals surface area contributed by atoms with Crippen molar-refractivity contribution in [2.45, 2.75) is 19.0 Å². The number of fused-ring (bicyclic) bond motifs is 1. The van der Waals surface area contributed by atoms with E-state index in [0.29, 0.717) is 0 Å². The van der Waals surface area contributed by atoms with Gasteiger partial charge >= 0.3 is 5.97 Å². The number of esters is 1. The first-order valence-electron chi connectivity index (χ1n) is 6.75. The Balaban J connectivity index is 1.95. The largest absolute Gasteiger partial charge is 0.467 e. The Morgan fingerprint density at radius 1 is 1.45 bits per heavy atom. The van der Waals surface area contributed by atoms with Crippen LogP contribution >= 0.6 is 0 Å². The van der Waals surface area contributed by atoms with Gasteiger partial charge in [-0.05, 0) is 18.2 Å². The fraction of sp³-hybridized carbons (Fsp3) is 0.267. The summed E-state index contributed by atoms with van der Waals surface area (Å²) in [6, 6.07) is 4.62. The highest BCUT2D eigenvalue weighted by Crippen LogP contribution is 2.23. The molecule has 1 aliphatic heterocycles. The monoisotopic (exact) mass is 303 g/mol. The summed E-state index contributed by atoms with van der Waals surface area (Å²) < 4.78 is 18.1. The number of hydrogen-bond acceptors (Lipinski definition) is 4. The van der Waals surface area contributed by atoms with Crippen LogP contribution in [0.1, 0.15) is 21.7 Å². The number of aromatic nitrogens is 2. The lowest BCUT2D eigenvalue weighted by molar-refractivity contribution is -0.146. The molecule has 3 rings (SSSR count). The molecule has 0 radical (unpaired) electrons. The molecule has 7 heteroatoms. The number of ether oxygens (including phenoxy) is 1. The lowest BCUT2D eigenvalue weighted by Gasteiger charge is -2.33. The maximum absolute atomic E-state index is 13.3. The molecular weight excluding hydrogens is 289 g/mol. The summed E-state index contributed by atoms with van der Waals surface area (Å²) in [6.45, 7) is 0.199. The van der Waals surface area contributed by atoms with E-state index in [9.17, 15) is 14.0 Å². The van der Waals surface area contributed by atoms with Gasteiger partial charge in [-0.3, -0.25) is 4.79 Å². The molecule has 22 heavy (non-hydrogen) atoms. The molecule has 0 aliphatic carbocycles. The van der Waals surface area contributed by atoms with Gasteiger partial charge in [-0.2, -0.15) is 0 Å². The van der Waals surface area contributed by atoms with Crippen LogP contribution in [0, 0.1) is 5.82 Å². The van der Waals surface area contributed by atoms with E-state index in [0.717, 1.165) is 17.5 Å². The summed E-state index contributed by atoms with van der Waals surface area (Å²) >= 11 is 0. The molecule has 0 saturated carbocycles. The highest BCUT2D eigenvalue weighted by Gasteiger charge is 2.37. The number of aromatic amines is 1. The van der Waals surface area contributed by atoms with Crippen LogP contribution in [0.25, 0.3) is 0 Å². The van der Waals surface area contributed by atoms with Crippen LogP contribution in [0.4, 0.5) is 4.39 Å². The van der Waals surface area contributed by atoms with Gasteiger partial charge in [0.25, 0.3) is 5.91 Å². The lowest BCUT2D eigenvalue weighted by Crippen LogP contribution is -2.49. The molecule has 1 unspecified atom stereocenters. The number of amides is 1. The molecule has 1 N–H and O–H groups in total. The Morgan fingerprint density at radius 3 is 3.00 bits per heavy atom. The van der Waals surface area contributed by atoms with Crippen LogP contribution in [-0.4, -0.2) is 39.9 Å². The molecule has 0 spiro atoms. The molecule has 1 aliphatic rings. The van der Waals surface area contributed by atoms with Crippen LogP contribution in [-0.2, 0) is 22.5 Å². The van der Waals surface area contributed by atoms with Gasteiger partial charge in [-0.15, -0.1) is 0 Å². The number of rotatable bonds is 2. The number of carbonyl (C=O) groups is 2. The summed E-state index contributed by atoms with van der Waals surface area (Å²) in [5, 5.41) is 0. The van der Waals surface area contributed by atoms with E-state index in [4.69, 9.17) is 4.74 Å². The number of benzene rings is 1. The summed E-state index contributed by atoms with van der Waals surface area (Å²) in [5.41, 5.74) is 1.69. The van der Waals surface area contributed by atoms with E-state index in [1.807, 2.05) is 0 Å². The standard InChI is InChI=1S/C15H14FN3O3/c1-22-15(21)13-6-11-12(18-8-17-11)7-19(13)14(20)9-3-2-4-10(16)5-9/h2-5,8,13H,6-7H2,1H3,(H,17,18). The molecular formula is C15H14FN3O3. The van der Waals surface area contributed by atoms with Gasteiger partial charge in [0.1, 0.15) is 11.9 Å². The van der Waals surface area contributed by atoms with E-state index in [2.05, 4.69) is 9.97 Å². The fourth-order valence-corrected chi connectivity index (χ4v) is 2.58. The van der Waals surface area contributed by atoms with Gasteiger partial charge < -0.3 is 14.6 Å². The van der Waals surface area contributed by atoms with Gasteiger partial charge in [0.05, 0.1) is 31.4 Å². The molecule has 1 aromatic carbocycles. The number of nitrogens with zero attached hydrogens (tertiary/aromatic N) is 2. The Bertz CT molecular complexity index is 728. The van der Waals surface area contributed by atoms with Gasteiger partial charge in [0.2, 0.25) is 0 Å². The van der Waals surface area contributed by atoms with Crippen molar-refractivity contribution in [2.75, 3.05) is 7.11 Å². The van der Waals surface area contributed by atoms with E-state index in [-0.39, 0.29) is 18.5 Å². The van der Waals surface area contributed by atoms with Crippen molar-refractivity contribution in [3.63, 3.8) is 0 Å². The molecule has 1 amide bonds. The van der Waals surface area contributed by atoms with Gasteiger partial charge in [-0.25, -0.2) is 14.2 Å². The van der Waals surface area contributed by atoms with Crippen LogP contribution in [0.15, 0.2) is 30.6 Å². The number of methoxy groups -OCH3 is 1. The Kier molecular flexibility index (Phi) is 3.62. The number of carbonyl (C=O) groups excluding carboxylic acids is 2. The highest BCUT2D eigenvalue weighted by atomic mass is 19.1. The molecule has 0 saturated heterocycles. The molecule has 6 nitrogen and oxygen atoms in total. The Labute approximate surface area is 125 Å². The minimum Gasteiger partial charge on any atom is -0.467 e. The van der Waals surface area contributed by atoms with Crippen molar-refractivity contribution >= 4 is 11.9 Å². The number of nitrogens with one attached hydrogen (secondary N) is 1. The molecule has 1 atom stereocenters.